The summed E-state index contributed by atoms with van der Waals surface area (Å²) in [5, 5.41) is 0. The molecule has 0 saturated carbocycles. The Balaban J connectivity index is 2.64. The largest absolute Gasteiger partial charge is 0.491 e. The predicted molar refractivity (Wildman–Crippen MR) is 83.1 cm³/mol. The van der Waals surface area contributed by atoms with Crippen molar-refractivity contribution in [3.63, 3.8) is 0 Å². The smallest absolute Gasteiger partial charge is 0.119 e. The van der Waals surface area contributed by atoms with Crippen LogP contribution in [0.25, 0.3) is 0 Å². The minimum Gasteiger partial charge on any atom is -0.491 e. The Kier molecular flexibility index (Phi) is 7.59. The van der Waals surface area contributed by atoms with Gasteiger partial charge < -0.3 is 15.2 Å². The maximum Gasteiger partial charge on any atom is 0.119 e. The minimum absolute atomic E-state index is 0.194. The van der Waals surface area contributed by atoms with E-state index in [0.29, 0.717) is 6.54 Å². The van der Waals surface area contributed by atoms with E-state index in [1.54, 1.807) is 0 Å². The zero-order chi connectivity index (χ0) is 15.0. The molecule has 20 heavy (non-hydrogen) atoms. The number of likely N-dealkylation sites (N-methyl/N-ethyl adjacent to an activating group) is 1. The molecule has 4 nitrogen and oxygen atoms in total. The number of ether oxygens (including phenoxy) is 2. The maximum absolute atomic E-state index is 5.91. The fourth-order valence-corrected chi connectivity index (χ4v) is 2.12. The van der Waals surface area contributed by atoms with Crippen LogP contribution in [0.1, 0.15) is 32.4 Å². The molecule has 0 aromatic heterocycles. The van der Waals surface area contributed by atoms with Crippen LogP contribution in [-0.2, 0) is 4.74 Å². The van der Waals surface area contributed by atoms with Gasteiger partial charge in [0.15, 0.2) is 0 Å². The van der Waals surface area contributed by atoms with Gasteiger partial charge >= 0.3 is 0 Å². The highest BCUT2D eigenvalue weighted by atomic mass is 16.5. The van der Waals surface area contributed by atoms with Gasteiger partial charge in [0.25, 0.3) is 0 Å². The Hall–Kier alpha value is -1.10. The summed E-state index contributed by atoms with van der Waals surface area (Å²) in [5.41, 5.74) is 7.13. The predicted octanol–water partition coefficient (Wildman–Crippen LogP) is 2.44. The van der Waals surface area contributed by atoms with Crippen molar-refractivity contribution in [1.29, 1.82) is 0 Å². The first-order chi connectivity index (χ1) is 9.58. The molecule has 0 aliphatic rings. The highest BCUT2D eigenvalue weighted by Gasteiger charge is 2.15. The van der Waals surface area contributed by atoms with Crippen LogP contribution in [0.15, 0.2) is 24.3 Å². The zero-order valence-electron chi connectivity index (χ0n) is 13.1. The number of nitrogens with two attached hydrogens (primary N) is 1. The van der Waals surface area contributed by atoms with E-state index < -0.39 is 0 Å². The number of nitrogens with zero attached hydrogens (tertiary/aromatic N) is 1. The fourth-order valence-electron chi connectivity index (χ4n) is 2.12. The topological polar surface area (TPSA) is 47.7 Å². The summed E-state index contributed by atoms with van der Waals surface area (Å²) in [6, 6.07) is 8.41. The lowest BCUT2D eigenvalue weighted by molar-refractivity contribution is 0.108. The summed E-state index contributed by atoms with van der Waals surface area (Å²) in [5.74, 6) is 0.900. The molecule has 0 aliphatic heterocycles. The maximum atomic E-state index is 5.91. The van der Waals surface area contributed by atoms with Crippen molar-refractivity contribution in [2.45, 2.75) is 32.9 Å². The number of benzene rings is 1. The molecule has 0 spiro atoms. The lowest BCUT2D eigenvalue weighted by atomic mass is 10.1. The lowest BCUT2D eigenvalue weighted by Gasteiger charge is -2.27. The highest BCUT2D eigenvalue weighted by molar-refractivity contribution is 5.29. The van der Waals surface area contributed by atoms with Crippen molar-refractivity contribution in [2.24, 2.45) is 5.73 Å². The van der Waals surface area contributed by atoms with Crippen molar-refractivity contribution in [3.8, 4) is 5.75 Å². The van der Waals surface area contributed by atoms with Gasteiger partial charge in [-0.3, -0.25) is 4.90 Å². The Labute approximate surface area is 122 Å². The second-order valence-electron chi connectivity index (χ2n) is 5.16. The van der Waals surface area contributed by atoms with Crippen LogP contribution in [0, 0.1) is 0 Å². The van der Waals surface area contributed by atoms with Gasteiger partial charge in [-0.1, -0.05) is 12.1 Å². The second kappa shape index (κ2) is 8.95. The third-order valence-electron chi connectivity index (χ3n) is 3.18. The first-order valence-electron chi connectivity index (χ1n) is 7.33. The molecular weight excluding hydrogens is 252 g/mol. The van der Waals surface area contributed by atoms with Gasteiger partial charge in [0.05, 0.1) is 12.7 Å². The summed E-state index contributed by atoms with van der Waals surface area (Å²) in [6.07, 6.45) is 0.194. The van der Waals surface area contributed by atoms with Crippen LogP contribution in [-0.4, -0.2) is 44.4 Å². The van der Waals surface area contributed by atoms with Gasteiger partial charge in [0, 0.05) is 25.7 Å². The first kappa shape index (κ1) is 17.0. The van der Waals surface area contributed by atoms with Gasteiger partial charge in [-0.2, -0.15) is 0 Å². The average Bonchev–Trinajstić information content (AvgIpc) is 2.41. The molecule has 1 aromatic rings. The second-order valence-corrected chi connectivity index (χ2v) is 5.16. The van der Waals surface area contributed by atoms with E-state index in [9.17, 15) is 0 Å². The van der Waals surface area contributed by atoms with Crippen LogP contribution in [0.5, 0.6) is 5.75 Å². The van der Waals surface area contributed by atoms with E-state index in [4.69, 9.17) is 15.2 Å². The van der Waals surface area contributed by atoms with Gasteiger partial charge in [-0.15, -0.1) is 0 Å². The molecule has 0 radical (unpaired) electrons. The molecule has 1 unspecified atom stereocenters. The molecule has 1 aromatic carbocycles. The summed E-state index contributed by atoms with van der Waals surface area (Å²) in [4.78, 5) is 2.23. The Morgan fingerprint density at radius 1 is 1.20 bits per heavy atom. The van der Waals surface area contributed by atoms with E-state index in [1.807, 2.05) is 32.9 Å². The number of hydrogen-bond donors (Lipinski definition) is 1. The van der Waals surface area contributed by atoms with Crippen LogP contribution >= 0.6 is 0 Å². The Morgan fingerprint density at radius 3 is 2.35 bits per heavy atom. The molecule has 4 heteroatoms. The van der Waals surface area contributed by atoms with Crippen molar-refractivity contribution in [3.05, 3.63) is 29.8 Å². The van der Waals surface area contributed by atoms with Crippen LogP contribution in [0.2, 0.25) is 0 Å². The van der Waals surface area contributed by atoms with Crippen molar-refractivity contribution >= 4 is 0 Å². The molecule has 114 valence electrons. The first-order valence-corrected chi connectivity index (χ1v) is 7.33. The third kappa shape index (κ3) is 5.49. The van der Waals surface area contributed by atoms with E-state index in [-0.39, 0.29) is 12.1 Å². The molecule has 0 heterocycles. The molecule has 0 fully saturated rings. The van der Waals surface area contributed by atoms with E-state index in [2.05, 4.69) is 24.1 Å². The van der Waals surface area contributed by atoms with Crippen molar-refractivity contribution in [2.75, 3.05) is 33.4 Å². The summed E-state index contributed by atoms with van der Waals surface area (Å²) < 4.78 is 11.1. The normalized spacial score (nSPS) is 12.9. The van der Waals surface area contributed by atoms with E-state index >= 15 is 0 Å². The van der Waals surface area contributed by atoms with Crippen molar-refractivity contribution in [1.82, 2.24) is 4.90 Å². The fraction of sp³-hybridized carbons (Fsp3) is 0.625. The van der Waals surface area contributed by atoms with E-state index in [0.717, 1.165) is 25.5 Å². The highest BCUT2D eigenvalue weighted by Crippen LogP contribution is 2.21. The molecule has 0 bridgehead atoms. The van der Waals surface area contributed by atoms with Gasteiger partial charge in [0.1, 0.15) is 5.75 Å². The Bertz CT molecular complexity index is 365. The SMILES string of the molecule is CCOCCN(C)C(CN)c1ccc(OC(C)C)cc1. The van der Waals surface area contributed by atoms with E-state index in [1.165, 1.54) is 5.56 Å². The average molecular weight is 280 g/mol. The lowest BCUT2D eigenvalue weighted by Crippen LogP contribution is -2.33. The van der Waals surface area contributed by atoms with Crippen LogP contribution in [0.4, 0.5) is 0 Å². The molecule has 2 N–H and O–H groups in total. The monoisotopic (exact) mass is 280 g/mol. The van der Waals surface area contributed by atoms with Crippen molar-refractivity contribution < 1.29 is 9.47 Å². The Morgan fingerprint density at radius 2 is 1.85 bits per heavy atom. The van der Waals surface area contributed by atoms with Gasteiger partial charge in [-0.05, 0) is 45.5 Å². The molecule has 1 rings (SSSR count). The molecule has 1 atom stereocenters. The van der Waals surface area contributed by atoms with Crippen LogP contribution < -0.4 is 10.5 Å². The molecule has 0 amide bonds. The molecule has 0 aliphatic carbocycles. The summed E-state index contributed by atoms with van der Waals surface area (Å²) in [7, 11) is 2.08. The minimum atomic E-state index is 0.194. The quantitative estimate of drug-likeness (QED) is 0.706. The van der Waals surface area contributed by atoms with Gasteiger partial charge in [0.2, 0.25) is 0 Å². The van der Waals surface area contributed by atoms with Crippen LogP contribution in [0.3, 0.4) is 0 Å². The summed E-state index contributed by atoms with van der Waals surface area (Å²) >= 11 is 0. The standard InChI is InChI=1S/C16H28N2O2/c1-5-19-11-10-18(4)16(12-17)14-6-8-15(9-7-14)20-13(2)3/h6-9,13,16H,5,10-12,17H2,1-4H3. The number of hydrogen-bond acceptors (Lipinski definition) is 4. The van der Waals surface area contributed by atoms with Gasteiger partial charge in [-0.25, -0.2) is 0 Å². The number of rotatable bonds is 9. The molecular formula is C16H28N2O2. The molecule has 0 saturated heterocycles. The zero-order valence-corrected chi connectivity index (χ0v) is 13.1. The third-order valence-corrected chi connectivity index (χ3v) is 3.18. The summed E-state index contributed by atoms with van der Waals surface area (Å²) in [6.45, 7) is 9.01.